The predicted molar refractivity (Wildman–Crippen MR) is 112 cm³/mol. The molecular weight excluding hydrogens is 402 g/mol. The molecule has 1 saturated heterocycles. The van der Waals surface area contributed by atoms with Crippen LogP contribution in [-0.2, 0) is 16.6 Å². The van der Waals surface area contributed by atoms with Crippen LogP contribution in [0.2, 0.25) is 0 Å². The summed E-state index contributed by atoms with van der Waals surface area (Å²) < 4.78 is 26.9. The second kappa shape index (κ2) is 8.20. The van der Waals surface area contributed by atoms with Gasteiger partial charge in [0.15, 0.2) is 0 Å². The molecule has 1 aliphatic heterocycles. The number of hydrogen-bond donors (Lipinski definition) is 1. The lowest BCUT2D eigenvalue weighted by molar-refractivity contribution is 0.0729. The third-order valence-electron chi connectivity index (χ3n) is 5.64. The van der Waals surface area contributed by atoms with E-state index in [1.807, 2.05) is 4.90 Å². The molecule has 2 amide bonds. The molecule has 2 aliphatic rings. The van der Waals surface area contributed by atoms with Crippen LogP contribution in [0.15, 0.2) is 53.4 Å². The van der Waals surface area contributed by atoms with Crippen molar-refractivity contribution in [1.82, 2.24) is 9.21 Å². The molecule has 1 aliphatic carbocycles. The zero-order valence-corrected chi connectivity index (χ0v) is 17.5. The number of carbonyl (C=O) groups excluding carboxylic acids is 2. The van der Waals surface area contributed by atoms with Gasteiger partial charge in [0.05, 0.1) is 4.90 Å². The number of carbonyl (C=O) groups is 2. The lowest BCUT2D eigenvalue weighted by Gasteiger charge is -2.23. The summed E-state index contributed by atoms with van der Waals surface area (Å²) in [7, 11) is -3.49. The number of amides is 2. The summed E-state index contributed by atoms with van der Waals surface area (Å²) in [5.41, 5.74) is 7.09. The molecule has 7 nitrogen and oxygen atoms in total. The Morgan fingerprint density at radius 2 is 1.50 bits per heavy atom. The lowest BCUT2D eigenvalue weighted by atomic mass is 10.1. The monoisotopic (exact) mass is 427 g/mol. The van der Waals surface area contributed by atoms with Crippen molar-refractivity contribution in [2.45, 2.75) is 43.2 Å². The molecule has 0 spiro atoms. The number of nitrogens with two attached hydrogens (primary N) is 1. The first-order valence-corrected chi connectivity index (χ1v) is 11.6. The van der Waals surface area contributed by atoms with Crippen molar-refractivity contribution in [1.29, 1.82) is 0 Å². The molecule has 158 valence electrons. The molecule has 0 radical (unpaired) electrons. The maximum atomic E-state index is 13.1. The second-order valence-electron chi connectivity index (χ2n) is 7.86. The third-order valence-corrected chi connectivity index (χ3v) is 7.56. The van der Waals surface area contributed by atoms with Crippen molar-refractivity contribution in [2.24, 2.45) is 5.73 Å². The molecule has 30 heavy (non-hydrogen) atoms. The molecule has 2 aromatic rings. The molecule has 8 heteroatoms. The fraction of sp³-hybridized carbons (Fsp3) is 0.364. The van der Waals surface area contributed by atoms with Crippen LogP contribution in [0.1, 0.15) is 52.0 Å². The van der Waals surface area contributed by atoms with Gasteiger partial charge in [-0.3, -0.25) is 9.59 Å². The molecular formula is C22H25N3O4S. The van der Waals surface area contributed by atoms with Gasteiger partial charge < -0.3 is 10.6 Å². The average Bonchev–Trinajstić information content (AvgIpc) is 3.43. The highest BCUT2D eigenvalue weighted by Crippen LogP contribution is 2.30. The SMILES string of the molecule is NC(=O)c1ccc(CN(C(=O)c2ccc(S(=O)(=O)N3CCCC3)cc2)C2CC2)cc1. The van der Waals surface area contributed by atoms with E-state index < -0.39 is 15.9 Å². The second-order valence-corrected chi connectivity index (χ2v) is 9.80. The summed E-state index contributed by atoms with van der Waals surface area (Å²) in [6.07, 6.45) is 3.66. The minimum Gasteiger partial charge on any atom is -0.366 e. The number of benzene rings is 2. The molecule has 2 N–H and O–H groups in total. The van der Waals surface area contributed by atoms with Gasteiger partial charge in [0.25, 0.3) is 5.91 Å². The fourth-order valence-electron chi connectivity index (χ4n) is 3.74. The first kappa shape index (κ1) is 20.6. The van der Waals surface area contributed by atoms with Gasteiger partial charge >= 0.3 is 0 Å². The summed E-state index contributed by atoms with van der Waals surface area (Å²) in [5.74, 6) is -0.609. The summed E-state index contributed by atoms with van der Waals surface area (Å²) in [4.78, 5) is 26.4. The van der Waals surface area contributed by atoms with E-state index >= 15 is 0 Å². The number of sulfonamides is 1. The normalized spacial score (nSPS) is 17.1. The van der Waals surface area contributed by atoms with E-state index in [1.54, 1.807) is 36.4 Å². The summed E-state index contributed by atoms with van der Waals surface area (Å²) >= 11 is 0. The first-order valence-electron chi connectivity index (χ1n) is 10.2. The molecule has 0 atom stereocenters. The molecule has 0 aromatic heterocycles. The van der Waals surface area contributed by atoms with Gasteiger partial charge in [-0.1, -0.05) is 12.1 Å². The molecule has 2 aromatic carbocycles. The Hall–Kier alpha value is -2.71. The topological polar surface area (TPSA) is 101 Å². The molecule has 0 unspecified atom stereocenters. The van der Waals surface area contributed by atoms with E-state index in [-0.39, 0.29) is 16.8 Å². The Bertz CT molecular complexity index is 1040. The van der Waals surface area contributed by atoms with Crippen LogP contribution in [-0.4, -0.2) is 48.6 Å². The van der Waals surface area contributed by atoms with E-state index in [9.17, 15) is 18.0 Å². The van der Waals surface area contributed by atoms with Crippen molar-refractivity contribution in [3.8, 4) is 0 Å². The Morgan fingerprint density at radius 1 is 0.933 bits per heavy atom. The van der Waals surface area contributed by atoms with E-state index in [2.05, 4.69) is 0 Å². The Morgan fingerprint density at radius 3 is 2.03 bits per heavy atom. The van der Waals surface area contributed by atoms with Crippen molar-refractivity contribution >= 4 is 21.8 Å². The standard InChI is InChI=1S/C22H25N3O4S/c23-21(26)17-5-3-16(4-6-17)15-25(19-9-10-19)22(27)18-7-11-20(12-8-18)30(28,29)24-13-1-2-14-24/h3-8,11-12,19H,1-2,9-10,13-15H2,(H2,23,26). The summed E-state index contributed by atoms with van der Waals surface area (Å²) in [6.45, 7) is 1.52. The van der Waals surface area contributed by atoms with Crippen molar-refractivity contribution in [3.05, 3.63) is 65.2 Å². The fourth-order valence-corrected chi connectivity index (χ4v) is 5.25. The summed E-state index contributed by atoms with van der Waals surface area (Å²) in [5, 5.41) is 0. The van der Waals surface area contributed by atoms with Gasteiger partial charge in [0.1, 0.15) is 0 Å². The molecule has 0 bridgehead atoms. The van der Waals surface area contributed by atoms with Gasteiger partial charge in [0.2, 0.25) is 15.9 Å². The quantitative estimate of drug-likeness (QED) is 0.733. The molecule has 2 fully saturated rings. The van der Waals surface area contributed by atoms with Crippen LogP contribution < -0.4 is 5.73 Å². The third kappa shape index (κ3) is 4.24. The Kier molecular flexibility index (Phi) is 5.62. The van der Waals surface area contributed by atoms with Crippen LogP contribution in [0.4, 0.5) is 0 Å². The zero-order chi connectivity index (χ0) is 21.3. The van der Waals surface area contributed by atoms with E-state index in [1.165, 1.54) is 16.4 Å². The largest absolute Gasteiger partial charge is 0.366 e. The molecule has 1 heterocycles. The zero-order valence-electron chi connectivity index (χ0n) is 16.7. The lowest BCUT2D eigenvalue weighted by Crippen LogP contribution is -2.32. The minimum atomic E-state index is -3.49. The number of primary amides is 1. The summed E-state index contributed by atoms with van der Waals surface area (Å²) in [6, 6.07) is 13.3. The number of rotatable bonds is 7. The van der Waals surface area contributed by atoms with Gasteiger partial charge in [0, 0.05) is 36.8 Å². The van der Waals surface area contributed by atoms with Crippen LogP contribution >= 0.6 is 0 Å². The van der Waals surface area contributed by atoms with Gasteiger partial charge in [-0.25, -0.2) is 8.42 Å². The van der Waals surface area contributed by atoms with Crippen LogP contribution in [0.5, 0.6) is 0 Å². The van der Waals surface area contributed by atoms with Crippen molar-refractivity contribution in [3.63, 3.8) is 0 Å². The maximum Gasteiger partial charge on any atom is 0.254 e. The van der Waals surface area contributed by atoms with Crippen LogP contribution in [0.3, 0.4) is 0 Å². The smallest absolute Gasteiger partial charge is 0.254 e. The highest BCUT2D eigenvalue weighted by molar-refractivity contribution is 7.89. The van der Waals surface area contributed by atoms with Crippen LogP contribution in [0, 0.1) is 0 Å². The van der Waals surface area contributed by atoms with Crippen LogP contribution in [0.25, 0.3) is 0 Å². The van der Waals surface area contributed by atoms with Crippen molar-refractivity contribution < 1.29 is 18.0 Å². The average molecular weight is 428 g/mol. The minimum absolute atomic E-state index is 0.124. The highest BCUT2D eigenvalue weighted by atomic mass is 32.2. The maximum absolute atomic E-state index is 13.1. The van der Waals surface area contributed by atoms with E-state index in [4.69, 9.17) is 5.73 Å². The highest BCUT2D eigenvalue weighted by Gasteiger charge is 2.33. The number of nitrogens with zero attached hydrogens (tertiary/aromatic N) is 2. The Balaban J connectivity index is 1.50. The predicted octanol–water partition coefficient (Wildman–Crippen LogP) is 2.37. The van der Waals surface area contributed by atoms with Gasteiger partial charge in [-0.15, -0.1) is 0 Å². The van der Waals surface area contributed by atoms with Gasteiger partial charge in [-0.05, 0) is 67.6 Å². The van der Waals surface area contributed by atoms with E-state index in [0.717, 1.165) is 31.2 Å². The number of hydrogen-bond acceptors (Lipinski definition) is 4. The Labute approximate surface area is 176 Å². The van der Waals surface area contributed by atoms with E-state index in [0.29, 0.717) is 30.8 Å². The first-order chi connectivity index (χ1) is 14.4. The van der Waals surface area contributed by atoms with Gasteiger partial charge in [-0.2, -0.15) is 4.31 Å². The molecule has 4 rings (SSSR count). The van der Waals surface area contributed by atoms with Crippen molar-refractivity contribution in [2.75, 3.05) is 13.1 Å². The molecule has 1 saturated carbocycles.